The summed E-state index contributed by atoms with van der Waals surface area (Å²) in [5, 5.41) is 22.9. The molecule has 2 rings (SSSR count). The summed E-state index contributed by atoms with van der Waals surface area (Å²) in [6.07, 6.45) is 6.70. The Morgan fingerprint density at radius 3 is 2.40 bits per heavy atom. The molecule has 0 aliphatic carbocycles. The highest BCUT2D eigenvalue weighted by Crippen LogP contribution is 2.28. The third-order valence-corrected chi connectivity index (χ3v) is 5.11. The maximum Gasteiger partial charge on any atom is 0.336 e. The fourth-order valence-electron chi connectivity index (χ4n) is 3.22. The summed E-state index contributed by atoms with van der Waals surface area (Å²) in [6.45, 7) is 7.94. The molecule has 0 bridgehead atoms. The molecule has 9 nitrogen and oxygen atoms in total. The number of nitrogens with one attached hydrogen (secondary N) is 3. The Hall–Kier alpha value is -4.27. The predicted molar refractivity (Wildman–Crippen MR) is 135 cm³/mol. The number of carboxylic acid groups (broad SMARTS) is 1. The van der Waals surface area contributed by atoms with Gasteiger partial charge in [-0.05, 0) is 60.2 Å². The Labute approximate surface area is 204 Å². The predicted octanol–water partition coefficient (Wildman–Crippen LogP) is 3.74. The SMILES string of the molecule is CC/C(=C\C=C(/C)NC(=O)c1cnccc1-c1ccc(C(=O)NCC(C)C)cc1C(=O)O)C(=N)N. The van der Waals surface area contributed by atoms with Gasteiger partial charge in [-0.1, -0.05) is 32.9 Å². The van der Waals surface area contributed by atoms with Crippen molar-refractivity contribution in [3.05, 3.63) is 76.8 Å². The number of amidine groups is 1. The summed E-state index contributed by atoms with van der Waals surface area (Å²) in [4.78, 5) is 41.5. The van der Waals surface area contributed by atoms with Crippen LogP contribution in [0.1, 0.15) is 65.2 Å². The highest BCUT2D eigenvalue weighted by Gasteiger charge is 2.20. The molecule has 0 unspecified atom stereocenters. The lowest BCUT2D eigenvalue weighted by Gasteiger charge is -2.14. The monoisotopic (exact) mass is 477 g/mol. The molecule has 0 atom stereocenters. The molecule has 0 spiro atoms. The molecule has 0 saturated carbocycles. The zero-order valence-corrected chi connectivity index (χ0v) is 20.3. The maximum absolute atomic E-state index is 13.0. The zero-order chi connectivity index (χ0) is 26.1. The molecular formula is C26H31N5O4. The highest BCUT2D eigenvalue weighted by molar-refractivity contribution is 6.06. The van der Waals surface area contributed by atoms with Crippen LogP contribution in [0.2, 0.25) is 0 Å². The summed E-state index contributed by atoms with van der Waals surface area (Å²) in [5.41, 5.74) is 7.60. The molecule has 1 aromatic carbocycles. The van der Waals surface area contributed by atoms with Crippen molar-refractivity contribution in [1.29, 1.82) is 5.41 Å². The number of aromatic nitrogens is 1. The van der Waals surface area contributed by atoms with E-state index in [1.54, 1.807) is 25.1 Å². The molecule has 0 fully saturated rings. The van der Waals surface area contributed by atoms with Gasteiger partial charge in [-0.15, -0.1) is 0 Å². The Bertz CT molecular complexity index is 1200. The lowest BCUT2D eigenvalue weighted by Crippen LogP contribution is -2.27. The number of allylic oxidation sites excluding steroid dienone is 3. The molecule has 184 valence electrons. The van der Waals surface area contributed by atoms with E-state index in [-0.39, 0.29) is 39.9 Å². The Morgan fingerprint density at radius 1 is 1.11 bits per heavy atom. The lowest BCUT2D eigenvalue weighted by molar-refractivity contribution is 0.0697. The van der Waals surface area contributed by atoms with E-state index in [1.807, 2.05) is 20.8 Å². The van der Waals surface area contributed by atoms with Gasteiger partial charge in [0.15, 0.2) is 0 Å². The number of carbonyl (C=O) groups excluding carboxylic acids is 2. The molecule has 0 aliphatic heterocycles. The maximum atomic E-state index is 13.0. The minimum atomic E-state index is -1.22. The number of amides is 2. The van der Waals surface area contributed by atoms with Gasteiger partial charge >= 0.3 is 5.97 Å². The largest absolute Gasteiger partial charge is 0.478 e. The number of carbonyl (C=O) groups is 3. The third-order valence-electron chi connectivity index (χ3n) is 5.11. The number of rotatable bonds is 10. The average Bonchev–Trinajstić information content (AvgIpc) is 2.82. The Morgan fingerprint density at radius 2 is 1.80 bits per heavy atom. The van der Waals surface area contributed by atoms with Crippen molar-refractivity contribution in [2.24, 2.45) is 11.7 Å². The van der Waals surface area contributed by atoms with Gasteiger partial charge < -0.3 is 21.5 Å². The first kappa shape index (κ1) is 27.0. The van der Waals surface area contributed by atoms with Gasteiger partial charge in [-0.3, -0.25) is 20.0 Å². The average molecular weight is 478 g/mol. The van der Waals surface area contributed by atoms with Crippen LogP contribution < -0.4 is 16.4 Å². The number of benzene rings is 1. The number of hydrogen-bond donors (Lipinski definition) is 5. The number of pyridine rings is 1. The van der Waals surface area contributed by atoms with Crippen LogP contribution in [0.5, 0.6) is 0 Å². The topological polar surface area (TPSA) is 158 Å². The van der Waals surface area contributed by atoms with E-state index in [9.17, 15) is 19.5 Å². The molecule has 1 heterocycles. The molecule has 0 saturated heterocycles. The lowest BCUT2D eigenvalue weighted by atomic mass is 9.94. The van der Waals surface area contributed by atoms with Crippen LogP contribution in [-0.2, 0) is 0 Å². The van der Waals surface area contributed by atoms with Crippen LogP contribution in [0.25, 0.3) is 11.1 Å². The van der Waals surface area contributed by atoms with E-state index in [0.29, 0.717) is 29.8 Å². The zero-order valence-electron chi connectivity index (χ0n) is 20.3. The summed E-state index contributed by atoms with van der Waals surface area (Å²) in [7, 11) is 0. The molecule has 1 aromatic heterocycles. The molecule has 0 aliphatic rings. The second-order valence-electron chi connectivity index (χ2n) is 8.35. The number of carboxylic acids is 1. The smallest absolute Gasteiger partial charge is 0.336 e. The van der Waals surface area contributed by atoms with E-state index in [2.05, 4.69) is 15.6 Å². The van der Waals surface area contributed by atoms with Crippen molar-refractivity contribution in [3.8, 4) is 11.1 Å². The van der Waals surface area contributed by atoms with Crippen LogP contribution in [0.3, 0.4) is 0 Å². The standard InChI is InChI=1S/C26H31N5O4/c1-5-17(23(27)28)7-6-16(4)31-25(33)22-14-29-11-10-20(22)19-9-8-18(12-21(19)26(34)35)24(32)30-13-15(2)3/h6-12,14-15H,5,13H2,1-4H3,(H3,27,28)(H,30,32)(H,31,33)(H,34,35)/b16-6+,17-7+. The third kappa shape index (κ3) is 7.36. The van der Waals surface area contributed by atoms with E-state index >= 15 is 0 Å². The number of aromatic carboxylic acids is 1. The number of nitrogens with two attached hydrogens (primary N) is 1. The van der Waals surface area contributed by atoms with Crippen molar-refractivity contribution in [2.75, 3.05) is 6.54 Å². The first-order valence-corrected chi connectivity index (χ1v) is 11.2. The van der Waals surface area contributed by atoms with Crippen molar-refractivity contribution in [3.63, 3.8) is 0 Å². The summed E-state index contributed by atoms with van der Waals surface area (Å²) in [6, 6.07) is 5.91. The molecule has 2 amide bonds. The Balaban J connectivity index is 2.42. The number of nitrogens with zero attached hydrogens (tertiary/aromatic N) is 1. The van der Waals surface area contributed by atoms with Gasteiger partial charge in [0.05, 0.1) is 11.1 Å². The highest BCUT2D eigenvalue weighted by atomic mass is 16.4. The second-order valence-corrected chi connectivity index (χ2v) is 8.35. The van der Waals surface area contributed by atoms with Crippen molar-refractivity contribution in [1.82, 2.24) is 15.6 Å². The fourth-order valence-corrected chi connectivity index (χ4v) is 3.22. The fraction of sp³-hybridized carbons (Fsp3) is 0.269. The van der Waals surface area contributed by atoms with Crippen LogP contribution in [0.4, 0.5) is 0 Å². The van der Waals surface area contributed by atoms with Gasteiger partial charge in [-0.2, -0.15) is 0 Å². The first-order valence-electron chi connectivity index (χ1n) is 11.2. The summed E-state index contributed by atoms with van der Waals surface area (Å²) < 4.78 is 0. The van der Waals surface area contributed by atoms with Gasteiger partial charge in [0.25, 0.3) is 11.8 Å². The molecule has 2 aromatic rings. The summed E-state index contributed by atoms with van der Waals surface area (Å²) >= 11 is 0. The number of hydrogen-bond acceptors (Lipinski definition) is 5. The van der Waals surface area contributed by atoms with Gasteiger partial charge in [0, 0.05) is 30.2 Å². The normalized spacial score (nSPS) is 11.8. The van der Waals surface area contributed by atoms with Gasteiger partial charge in [-0.25, -0.2) is 4.79 Å². The van der Waals surface area contributed by atoms with Crippen molar-refractivity contribution in [2.45, 2.75) is 34.1 Å². The van der Waals surface area contributed by atoms with Crippen molar-refractivity contribution < 1.29 is 19.5 Å². The Kier molecular flexibility index (Phi) is 9.45. The minimum Gasteiger partial charge on any atom is -0.478 e. The van der Waals surface area contributed by atoms with Gasteiger partial charge in [0.1, 0.15) is 5.84 Å². The quantitative estimate of drug-likeness (QED) is 0.199. The summed E-state index contributed by atoms with van der Waals surface area (Å²) in [5.74, 6) is -1.87. The van der Waals surface area contributed by atoms with Crippen LogP contribution in [0, 0.1) is 11.3 Å². The van der Waals surface area contributed by atoms with Crippen LogP contribution in [-0.4, -0.2) is 40.3 Å². The molecule has 9 heteroatoms. The molecular weight excluding hydrogens is 446 g/mol. The van der Waals surface area contributed by atoms with E-state index < -0.39 is 11.9 Å². The van der Waals surface area contributed by atoms with Gasteiger partial charge in [0.2, 0.25) is 0 Å². The van der Waals surface area contributed by atoms with E-state index in [0.717, 1.165) is 0 Å². The molecule has 6 N–H and O–H groups in total. The van der Waals surface area contributed by atoms with E-state index in [1.165, 1.54) is 30.6 Å². The van der Waals surface area contributed by atoms with Crippen molar-refractivity contribution >= 4 is 23.6 Å². The second kappa shape index (κ2) is 12.3. The minimum absolute atomic E-state index is 0.0417. The van der Waals surface area contributed by atoms with Crippen LogP contribution >= 0.6 is 0 Å². The van der Waals surface area contributed by atoms with Crippen LogP contribution in [0.15, 0.2) is 60.1 Å². The van der Waals surface area contributed by atoms with E-state index in [4.69, 9.17) is 11.1 Å². The first-order chi connectivity index (χ1) is 16.5. The molecule has 0 radical (unpaired) electrons. The molecule has 35 heavy (non-hydrogen) atoms.